The number of benzene rings is 2. The van der Waals surface area contributed by atoms with Crippen molar-refractivity contribution in [1.82, 2.24) is 0 Å². The molecule has 7 heteroatoms. The minimum atomic E-state index is -3.26. The standard InChI is InChI=1S/C22H25NO5S/c1-3-12-29(26,27)20-10-6-17(7-11-20)15-28-22(25)18-13-21(24)23(14-18)19-8-4-16(2)5-9-19/h4-11,18H,3,12-15H2,1-2H3/t18-/m0/s1. The molecule has 0 aromatic heterocycles. The molecule has 6 nitrogen and oxygen atoms in total. The maximum Gasteiger partial charge on any atom is 0.311 e. The lowest BCUT2D eigenvalue weighted by Crippen LogP contribution is -2.26. The number of amides is 1. The van der Waals surface area contributed by atoms with Crippen LogP contribution in [0, 0.1) is 12.8 Å². The molecule has 0 spiro atoms. The molecule has 29 heavy (non-hydrogen) atoms. The highest BCUT2D eigenvalue weighted by Gasteiger charge is 2.36. The Hall–Kier alpha value is -2.67. The molecule has 1 saturated heterocycles. The van der Waals surface area contributed by atoms with Gasteiger partial charge in [-0.15, -0.1) is 0 Å². The second-order valence-corrected chi connectivity index (χ2v) is 9.42. The third-order valence-electron chi connectivity index (χ3n) is 4.94. The molecule has 2 aromatic rings. The van der Waals surface area contributed by atoms with E-state index in [-0.39, 0.29) is 29.6 Å². The molecular formula is C22H25NO5S. The number of hydrogen-bond donors (Lipinski definition) is 0. The maximum absolute atomic E-state index is 12.4. The van der Waals surface area contributed by atoms with Gasteiger partial charge in [0.05, 0.1) is 16.6 Å². The summed E-state index contributed by atoms with van der Waals surface area (Å²) in [4.78, 5) is 26.6. The average molecular weight is 416 g/mol. The highest BCUT2D eigenvalue weighted by atomic mass is 32.2. The average Bonchev–Trinajstić information content (AvgIpc) is 3.09. The molecule has 0 unspecified atom stereocenters. The first-order chi connectivity index (χ1) is 13.8. The van der Waals surface area contributed by atoms with Crippen LogP contribution in [0.1, 0.15) is 30.9 Å². The number of anilines is 1. The molecule has 0 saturated carbocycles. The Kier molecular flexibility index (Phi) is 6.37. The Morgan fingerprint density at radius 1 is 1.10 bits per heavy atom. The molecule has 0 radical (unpaired) electrons. The molecule has 1 atom stereocenters. The van der Waals surface area contributed by atoms with Crippen molar-refractivity contribution in [3.05, 3.63) is 59.7 Å². The first-order valence-corrected chi connectivity index (χ1v) is 11.3. The zero-order valence-corrected chi connectivity index (χ0v) is 17.4. The number of carbonyl (C=O) groups is 2. The third-order valence-corrected chi connectivity index (χ3v) is 6.88. The number of nitrogens with zero attached hydrogens (tertiary/aromatic N) is 1. The minimum Gasteiger partial charge on any atom is -0.461 e. The fourth-order valence-corrected chi connectivity index (χ4v) is 4.62. The van der Waals surface area contributed by atoms with Crippen LogP contribution in [0.4, 0.5) is 5.69 Å². The Balaban J connectivity index is 1.57. The molecule has 1 heterocycles. The van der Waals surface area contributed by atoms with Gasteiger partial charge in [-0.2, -0.15) is 0 Å². The van der Waals surface area contributed by atoms with E-state index in [9.17, 15) is 18.0 Å². The maximum atomic E-state index is 12.4. The number of hydrogen-bond acceptors (Lipinski definition) is 5. The molecule has 154 valence electrons. The van der Waals surface area contributed by atoms with Crippen molar-refractivity contribution < 1.29 is 22.7 Å². The lowest BCUT2D eigenvalue weighted by Gasteiger charge is -2.16. The van der Waals surface area contributed by atoms with Crippen molar-refractivity contribution in [1.29, 1.82) is 0 Å². The molecule has 1 aliphatic heterocycles. The summed E-state index contributed by atoms with van der Waals surface area (Å²) in [6, 6.07) is 14.0. The van der Waals surface area contributed by atoms with Gasteiger partial charge in [-0.05, 0) is 43.2 Å². The van der Waals surface area contributed by atoms with Crippen LogP contribution in [0.5, 0.6) is 0 Å². The van der Waals surface area contributed by atoms with Gasteiger partial charge >= 0.3 is 5.97 Å². The first kappa shape index (κ1) is 21.0. The van der Waals surface area contributed by atoms with Crippen LogP contribution >= 0.6 is 0 Å². The molecule has 1 aliphatic rings. The van der Waals surface area contributed by atoms with Crippen molar-refractivity contribution in [3.63, 3.8) is 0 Å². The van der Waals surface area contributed by atoms with Crippen molar-refractivity contribution in [3.8, 4) is 0 Å². The van der Waals surface area contributed by atoms with Gasteiger partial charge < -0.3 is 9.64 Å². The summed E-state index contributed by atoms with van der Waals surface area (Å²) >= 11 is 0. The van der Waals surface area contributed by atoms with Gasteiger partial charge in [0, 0.05) is 18.7 Å². The predicted molar refractivity (Wildman–Crippen MR) is 110 cm³/mol. The predicted octanol–water partition coefficient (Wildman–Crippen LogP) is 3.28. The molecule has 1 amide bonds. The van der Waals surface area contributed by atoms with Gasteiger partial charge in [-0.1, -0.05) is 36.8 Å². The van der Waals surface area contributed by atoms with E-state index in [1.54, 1.807) is 17.0 Å². The van der Waals surface area contributed by atoms with Crippen LogP contribution in [-0.2, 0) is 30.8 Å². The topological polar surface area (TPSA) is 80.8 Å². The summed E-state index contributed by atoms with van der Waals surface area (Å²) in [6.45, 7) is 4.14. The van der Waals surface area contributed by atoms with Crippen LogP contribution in [0.25, 0.3) is 0 Å². The van der Waals surface area contributed by atoms with Crippen molar-refractivity contribution in [2.24, 2.45) is 5.92 Å². The lowest BCUT2D eigenvalue weighted by atomic mass is 10.1. The van der Waals surface area contributed by atoms with Gasteiger partial charge in [0.2, 0.25) is 5.91 Å². The van der Waals surface area contributed by atoms with Crippen LogP contribution < -0.4 is 4.90 Å². The van der Waals surface area contributed by atoms with Gasteiger partial charge in [0.1, 0.15) is 6.61 Å². The van der Waals surface area contributed by atoms with E-state index in [0.717, 1.165) is 11.3 Å². The molecular weight excluding hydrogens is 390 g/mol. The van der Waals surface area contributed by atoms with E-state index >= 15 is 0 Å². The monoisotopic (exact) mass is 415 g/mol. The molecule has 0 aliphatic carbocycles. The highest BCUT2D eigenvalue weighted by Crippen LogP contribution is 2.26. The van der Waals surface area contributed by atoms with Crippen molar-refractivity contribution in [2.45, 2.75) is 38.2 Å². The molecule has 0 N–H and O–H groups in total. The molecule has 0 bridgehead atoms. The Morgan fingerprint density at radius 3 is 2.38 bits per heavy atom. The quantitative estimate of drug-likeness (QED) is 0.649. The van der Waals surface area contributed by atoms with E-state index in [0.29, 0.717) is 18.5 Å². The third kappa shape index (κ3) is 5.03. The molecule has 2 aromatic carbocycles. The smallest absolute Gasteiger partial charge is 0.311 e. The van der Waals surface area contributed by atoms with E-state index < -0.39 is 21.7 Å². The van der Waals surface area contributed by atoms with E-state index in [1.807, 2.05) is 38.1 Å². The Bertz CT molecular complexity index is 981. The fraction of sp³-hybridized carbons (Fsp3) is 0.364. The molecule has 1 fully saturated rings. The van der Waals surface area contributed by atoms with Gasteiger partial charge in [0.25, 0.3) is 0 Å². The summed E-state index contributed by atoms with van der Waals surface area (Å²) in [6.07, 6.45) is 0.683. The zero-order chi connectivity index (χ0) is 21.0. The van der Waals surface area contributed by atoms with Crippen molar-refractivity contribution >= 4 is 27.4 Å². The second-order valence-electron chi connectivity index (χ2n) is 7.31. The first-order valence-electron chi connectivity index (χ1n) is 9.65. The zero-order valence-electron chi connectivity index (χ0n) is 16.6. The number of esters is 1. The largest absolute Gasteiger partial charge is 0.461 e. The van der Waals surface area contributed by atoms with Crippen LogP contribution in [-0.4, -0.2) is 32.6 Å². The number of carbonyl (C=O) groups excluding carboxylic acids is 2. The summed E-state index contributed by atoms with van der Waals surface area (Å²) in [5.74, 6) is -0.918. The van der Waals surface area contributed by atoms with Gasteiger partial charge in [-0.25, -0.2) is 8.42 Å². The van der Waals surface area contributed by atoms with E-state index in [2.05, 4.69) is 0 Å². The summed E-state index contributed by atoms with van der Waals surface area (Å²) in [5.41, 5.74) is 2.58. The SMILES string of the molecule is CCCS(=O)(=O)c1ccc(COC(=O)[C@H]2CC(=O)N(c3ccc(C)cc3)C2)cc1. The van der Waals surface area contributed by atoms with Crippen LogP contribution in [0.2, 0.25) is 0 Å². The lowest BCUT2D eigenvalue weighted by molar-refractivity contribution is -0.149. The Labute approximate surface area is 171 Å². The second kappa shape index (κ2) is 8.78. The molecule has 3 rings (SSSR count). The summed E-state index contributed by atoms with van der Waals surface area (Å²) in [7, 11) is -3.26. The van der Waals surface area contributed by atoms with Gasteiger partial charge in [0.15, 0.2) is 9.84 Å². The van der Waals surface area contributed by atoms with Gasteiger partial charge in [-0.3, -0.25) is 9.59 Å². The van der Waals surface area contributed by atoms with Crippen LogP contribution in [0.3, 0.4) is 0 Å². The van der Waals surface area contributed by atoms with E-state index in [4.69, 9.17) is 4.74 Å². The fourth-order valence-electron chi connectivity index (χ4n) is 3.29. The summed E-state index contributed by atoms with van der Waals surface area (Å²) in [5, 5.41) is 0. The summed E-state index contributed by atoms with van der Waals surface area (Å²) < 4.78 is 29.5. The van der Waals surface area contributed by atoms with Crippen LogP contribution in [0.15, 0.2) is 53.4 Å². The normalized spacial score (nSPS) is 16.8. The number of rotatable bonds is 7. The Morgan fingerprint density at radius 2 is 1.76 bits per heavy atom. The highest BCUT2D eigenvalue weighted by molar-refractivity contribution is 7.91. The van der Waals surface area contributed by atoms with E-state index in [1.165, 1.54) is 12.1 Å². The minimum absolute atomic E-state index is 0.0438. The number of sulfone groups is 1. The number of ether oxygens (including phenoxy) is 1. The van der Waals surface area contributed by atoms with Crippen molar-refractivity contribution in [2.75, 3.05) is 17.2 Å². The number of aryl methyl sites for hydroxylation is 1.